The second-order valence-electron chi connectivity index (χ2n) is 8.69. The number of para-hydroxylation sites is 1. The summed E-state index contributed by atoms with van der Waals surface area (Å²) in [4.78, 5) is 55.1. The standard InChI is InChI=1S/C26H29N3O5/c1-18-10-11-21-22(17-18)26(33)29(25(21)32)12-6-9-23(30)34-19(2)24(31)28-15-13-27(14-16-28)20-7-4-3-5-8-20/h3-5,7-8,10-11,17,19H,6,9,12-16H2,1-2H3. The van der Waals surface area contributed by atoms with E-state index in [9.17, 15) is 19.2 Å². The maximum atomic E-state index is 12.7. The molecule has 0 aromatic heterocycles. The van der Waals surface area contributed by atoms with Crippen LogP contribution < -0.4 is 4.90 Å². The number of rotatable bonds is 7. The molecule has 4 rings (SSSR count). The van der Waals surface area contributed by atoms with Gasteiger partial charge in [0.1, 0.15) is 0 Å². The van der Waals surface area contributed by atoms with Gasteiger partial charge in [-0.2, -0.15) is 0 Å². The van der Waals surface area contributed by atoms with Crippen molar-refractivity contribution < 1.29 is 23.9 Å². The number of hydrogen-bond acceptors (Lipinski definition) is 6. The predicted octanol–water partition coefficient (Wildman–Crippen LogP) is 2.65. The Balaban J connectivity index is 1.20. The fourth-order valence-electron chi connectivity index (χ4n) is 4.38. The fourth-order valence-corrected chi connectivity index (χ4v) is 4.38. The Morgan fingerprint density at radius 2 is 1.62 bits per heavy atom. The van der Waals surface area contributed by atoms with E-state index in [0.29, 0.717) is 24.2 Å². The molecule has 0 N–H and O–H groups in total. The Hall–Kier alpha value is -3.68. The summed E-state index contributed by atoms with van der Waals surface area (Å²) < 4.78 is 5.34. The summed E-state index contributed by atoms with van der Waals surface area (Å²) in [5.41, 5.74) is 2.83. The van der Waals surface area contributed by atoms with Gasteiger partial charge in [-0.3, -0.25) is 24.1 Å². The molecule has 1 saturated heterocycles. The molecule has 2 aliphatic heterocycles. The van der Waals surface area contributed by atoms with Crippen LogP contribution in [0.2, 0.25) is 0 Å². The molecule has 2 heterocycles. The number of fused-ring (bicyclic) bond motifs is 1. The van der Waals surface area contributed by atoms with E-state index in [0.717, 1.165) is 29.2 Å². The number of aryl methyl sites for hydroxylation is 1. The van der Waals surface area contributed by atoms with Crippen molar-refractivity contribution in [2.24, 2.45) is 0 Å². The summed E-state index contributed by atoms with van der Waals surface area (Å²) in [7, 11) is 0. The number of anilines is 1. The lowest BCUT2D eigenvalue weighted by Gasteiger charge is -2.37. The maximum absolute atomic E-state index is 12.7. The zero-order valence-electron chi connectivity index (χ0n) is 19.5. The largest absolute Gasteiger partial charge is 0.453 e. The number of piperazine rings is 1. The molecule has 0 saturated carbocycles. The van der Waals surface area contributed by atoms with E-state index >= 15 is 0 Å². The minimum absolute atomic E-state index is 0.0197. The molecule has 1 atom stereocenters. The maximum Gasteiger partial charge on any atom is 0.306 e. The first-order chi connectivity index (χ1) is 16.3. The first-order valence-electron chi connectivity index (χ1n) is 11.6. The molecule has 1 unspecified atom stereocenters. The van der Waals surface area contributed by atoms with Crippen molar-refractivity contribution in [3.05, 3.63) is 65.2 Å². The van der Waals surface area contributed by atoms with E-state index in [2.05, 4.69) is 4.90 Å². The number of carbonyl (C=O) groups is 4. The summed E-state index contributed by atoms with van der Waals surface area (Å²) in [5.74, 6) is -1.41. The van der Waals surface area contributed by atoms with Crippen molar-refractivity contribution in [3.63, 3.8) is 0 Å². The third-order valence-corrected chi connectivity index (χ3v) is 6.26. The van der Waals surface area contributed by atoms with Gasteiger partial charge in [0, 0.05) is 44.8 Å². The number of benzene rings is 2. The summed E-state index contributed by atoms with van der Waals surface area (Å²) in [6.07, 6.45) is -0.579. The number of nitrogens with zero attached hydrogens (tertiary/aromatic N) is 3. The van der Waals surface area contributed by atoms with Crippen LogP contribution >= 0.6 is 0 Å². The van der Waals surface area contributed by atoms with Gasteiger partial charge >= 0.3 is 5.97 Å². The van der Waals surface area contributed by atoms with E-state index in [4.69, 9.17) is 4.74 Å². The molecular formula is C26H29N3O5. The summed E-state index contributed by atoms with van der Waals surface area (Å²) in [6.45, 7) is 6.14. The van der Waals surface area contributed by atoms with Crippen LogP contribution in [0.4, 0.5) is 5.69 Å². The van der Waals surface area contributed by atoms with Gasteiger partial charge in [0.15, 0.2) is 6.10 Å². The predicted molar refractivity (Wildman–Crippen MR) is 127 cm³/mol. The molecule has 2 aromatic carbocycles. The Labute approximate surface area is 199 Å². The molecule has 2 aliphatic rings. The first-order valence-corrected chi connectivity index (χ1v) is 11.6. The monoisotopic (exact) mass is 463 g/mol. The lowest BCUT2D eigenvalue weighted by atomic mass is 10.1. The van der Waals surface area contributed by atoms with Crippen LogP contribution in [-0.4, -0.2) is 72.3 Å². The van der Waals surface area contributed by atoms with E-state index < -0.39 is 12.1 Å². The van der Waals surface area contributed by atoms with Crippen LogP contribution in [-0.2, 0) is 14.3 Å². The molecule has 3 amide bonds. The molecule has 0 aliphatic carbocycles. The number of amides is 3. The van der Waals surface area contributed by atoms with Gasteiger partial charge in [-0.05, 0) is 44.5 Å². The fraction of sp³-hybridized carbons (Fsp3) is 0.385. The van der Waals surface area contributed by atoms with Gasteiger partial charge in [0.2, 0.25) is 0 Å². The SMILES string of the molecule is Cc1ccc2c(c1)C(=O)N(CCCC(=O)OC(C)C(=O)N1CCN(c3ccccc3)CC1)C2=O. The highest BCUT2D eigenvalue weighted by Gasteiger charge is 2.35. The van der Waals surface area contributed by atoms with Crippen molar-refractivity contribution in [3.8, 4) is 0 Å². The summed E-state index contributed by atoms with van der Waals surface area (Å²) >= 11 is 0. The number of esters is 1. The molecule has 0 spiro atoms. The molecule has 2 aromatic rings. The second kappa shape index (κ2) is 10.1. The highest BCUT2D eigenvalue weighted by atomic mass is 16.5. The van der Waals surface area contributed by atoms with Gasteiger partial charge in [0.05, 0.1) is 11.1 Å². The van der Waals surface area contributed by atoms with Crippen LogP contribution in [0.1, 0.15) is 46.0 Å². The molecule has 34 heavy (non-hydrogen) atoms. The van der Waals surface area contributed by atoms with Crippen LogP contribution in [0.3, 0.4) is 0 Å². The minimum Gasteiger partial charge on any atom is -0.453 e. The number of ether oxygens (including phenoxy) is 1. The zero-order valence-corrected chi connectivity index (χ0v) is 19.5. The van der Waals surface area contributed by atoms with Gasteiger partial charge in [-0.25, -0.2) is 0 Å². The topological polar surface area (TPSA) is 87.2 Å². The number of imide groups is 1. The molecule has 8 heteroatoms. The molecular weight excluding hydrogens is 434 g/mol. The number of carbonyl (C=O) groups excluding carboxylic acids is 4. The van der Waals surface area contributed by atoms with Gasteiger partial charge in [0.25, 0.3) is 17.7 Å². The van der Waals surface area contributed by atoms with Crippen LogP contribution in [0.15, 0.2) is 48.5 Å². The van der Waals surface area contributed by atoms with E-state index in [1.807, 2.05) is 37.3 Å². The Kier molecular flexibility index (Phi) is 6.95. The average molecular weight is 464 g/mol. The summed E-state index contributed by atoms with van der Waals surface area (Å²) in [5, 5.41) is 0. The lowest BCUT2D eigenvalue weighted by molar-refractivity contribution is -0.159. The Morgan fingerprint density at radius 1 is 0.941 bits per heavy atom. The highest BCUT2D eigenvalue weighted by Crippen LogP contribution is 2.24. The van der Waals surface area contributed by atoms with Crippen molar-refractivity contribution >= 4 is 29.4 Å². The van der Waals surface area contributed by atoms with Crippen molar-refractivity contribution in [2.75, 3.05) is 37.6 Å². The summed E-state index contributed by atoms with van der Waals surface area (Å²) in [6, 6.07) is 15.2. The first kappa shape index (κ1) is 23.5. The highest BCUT2D eigenvalue weighted by molar-refractivity contribution is 6.21. The molecule has 8 nitrogen and oxygen atoms in total. The third-order valence-electron chi connectivity index (χ3n) is 6.26. The third kappa shape index (κ3) is 4.95. The van der Waals surface area contributed by atoms with E-state index in [1.54, 1.807) is 30.0 Å². The molecule has 0 bridgehead atoms. The molecule has 0 radical (unpaired) electrons. The Bertz CT molecular complexity index is 1090. The van der Waals surface area contributed by atoms with Crippen LogP contribution in [0.5, 0.6) is 0 Å². The van der Waals surface area contributed by atoms with Crippen LogP contribution in [0, 0.1) is 6.92 Å². The number of hydrogen-bond donors (Lipinski definition) is 0. The molecule has 178 valence electrons. The van der Waals surface area contributed by atoms with Gasteiger partial charge in [-0.1, -0.05) is 29.8 Å². The Morgan fingerprint density at radius 3 is 2.32 bits per heavy atom. The van der Waals surface area contributed by atoms with Gasteiger partial charge < -0.3 is 14.5 Å². The second-order valence-corrected chi connectivity index (χ2v) is 8.69. The quantitative estimate of drug-likeness (QED) is 0.464. The molecule has 1 fully saturated rings. The minimum atomic E-state index is -0.877. The lowest BCUT2D eigenvalue weighted by Crippen LogP contribution is -2.51. The van der Waals surface area contributed by atoms with Crippen LogP contribution in [0.25, 0.3) is 0 Å². The van der Waals surface area contributed by atoms with Crippen molar-refractivity contribution in [1.29, 1.82) is 0 Å². The van der Waals surface area contributed by atoms with Crippen molar-refractivity contribution in [2.45, 2.75) is 32.8 Å². The van der Waals surface area contributed by atoms with E-state index in [-0.39, 0.29) is 37.1 Å². The zero-order chi connectivity index (χ0) is 24.2. The normalized spacial score (nSPS) is 16.5. The van der Waals surface area contributed by atoms with Crippen molar-refractivity contribution in [1.82, 2.24) is 9.80 Å². The van der Waals surface area contributed by atoms with E-state index in [1.165, 1.54) is 0 Å². The smallest absolute Gasteiger partial charge is 0.306 e. The average Bonchev–Trinajstić information content (AvgIpc) is 3.08. The van der Waals surface area contributed by atoms with Gasteiger partial charge in [-0.15, -0.1) is 0 Å².